The van der Waals surface area contributed by atoms with Crippen molar-refractivity contribution in [3.8, 4) is 0 Å². The van der Waals surface area contributed by atoms with Crippen LogP contribution in [0.15, 0.2) is 0 Å². The standard InChI is InChI=1S/C14H28N2O4/c1-11(2)8-16(10-14(18)19)9-13(17)15-6-5-7-20-12(3)4/h11-12H,5-10H2,1-4H3,(H,15,17)(H,18,19). The molecule has 0 aliphatic carbocycles. The van der Waals surface area contributed by atoms with Gasteiger partial charge in [0.25, 0.3) is 0 Å². The minimum absolute atomic E-state index is 0.109. The molecule has 0 rings (SSSR count). The molecule has 0 aliphatic heterocycles. The third-order valence-corrected chi connectivity index (χ3v) is 2.44. The lowest BCUT2D eigenvalue weighted by Gasteiger charge is -2.21. The van der Waals surface area contributed by atoms with Gasteiger partial charge in [0, 0.05) is 19.7 Å². The molecule has 0 radical (unpaired) electrons. The van der Waals surface area contributed by atoms with Gasteiger partial charge in [-0.15, -0.1) is 0 Å². The number of nitrogens with zero attached hydrogens (tertiary/aromatic N) is 1. The predicted octanol–water partition coefficient (Wildman–Crippen LogP) is 0.960. The van der Waals surface area contributed by atoms with Gasteiger partial charge in [0.05, 0.1) is 19.2 Å². The quantitative estimate of drug-likeness (QED) is 0.554. The molecular formula is C14H28N2O4. The first kappa shape index (κ1) is 18.9. The van der Waals surface area contributed by atoms with Crippen molar-refractivity contribution in [2.24, 2.45) is 5.92 Å². The second-order valence-electron chi connectivity index (χ2n) is 5.58. The Kier molecular flexibility index (Phi) is 10.0. The maximum absolute atomic E-state index is 11.7. The first-order valence-corrected chi connectivity index (χ1v) is 7.13. The number of amides is 1. The van der Waals surface area contributed by atoms with Gasteiger partial charge in [-0.3, -0.25) is 14.5 Å². The number of hydrogen-bond acceptors (Lipinski definition) is 4. The van der Waals surface area contributed by atoms with Crippen molar-refractivity contribution in [2.45, 2.75) is 40.2 Å². The number of hydrogen-bond donors (Lipinski definition) is 2. The highest BCUT2D eigenvalue weighted by Crippen LogP contribution is 1.98. The van der Waals surface area contributed by atoms with E-state index in [1.54, 1.807) is 4.90 Å². The van der Waals surface area contributed by atoms with Crippen LogP contribution in [0, 0.1) is 5.92 Å². The molecule has 0 aromatic heterocycles. The Hall–Kier alpha value is -1.14. The molecule has 0 fully saturated rings. The number of carbonyl (C=O) groups excluding carboxylic acids is 1. The normalized spacial score (nSPS) is 11.3. The van der Waals surface area contributed by atoms with Gasteiger partial charge in [-0.25, -0.2) is 0 Å². The molecule has 0 atom stereocenters. The summed E-state index contributed by atoms with van der Waals surface area (Å²) in [7, 11) is 0. The Morgan fingerprint density at radius 1 is 1.20 bits per heavy atom. The van der Waals surface area contributed by atoms with E-state index in [2.05, 4.69) is 5.32 Å². The molecule has 2 N–H and O–H groups in total. The fourth-order valence-electron chi connectivity index (χ4n) is 1.77. The smallest absolute Gasteiger partial charge is 0.317 e. The van der Waals surface area contributed by atoms with Gasteiger partial charge in [0.1, 0.15) is 0 Å². The predicted molar refractivity (Wildman–Crippen MR) is 77.6 cm³/mol. The molecular weight excluding hydrogens is 260 g/mol. The number of carbonyl (C=O) groups is 2. The number of carboxylic acids is 1. The van der Waals surface area contributed by atoms with Gasteiger partial charge < -0.3 is 15.2 Å². The zero-order chi connectivity index (χ0) is 15.5. The van der Waals surface area contributed by atoms with Gasteiger partial charge in [0.2, 0.25) is 5.91 Å². The minimum atomic E-state index is -0.913. The molecule has 0 aliphatic rings. The number of carboxylic acid groups (broad SMARTS) is 1. The Balaban J connectivity index is 3.91. The number of aliphatic carboxylic acids is 1. The lowest BCUT2D eigenvalue weighted by atomic mass is 10.2. The molecule has 0 spiro atoms. The largest absolute Gasteiger partial charge is 0.480 e. The second-order valence-corrected chi connectivity index (χ2v) is 5.58. The molecule has 118 valence electrons. The van der Waals surface area contributed by atoms with E-state index in [4.69, 9.17) is 9.84 Å². The van der Waals surface area contributed by atoms with Crippen molar-refractivity contribution in [3.05, 3.63) is 0 Å². The van der Waals surface area contributed by atoms with E-state index < -0.39 is 5.97 Å². The molecule has 20 heavy (non-hydrogen) atoms. The van der Waals surface area contributed by atoms with Crippen molar-refractivity contribution >= 4 is 11.9 Å². The van der Waals surface area contributed by atoms with Gasteiger partial charge in [-0.05, 0) is 26.2 Å². The molecule has 0 heterocycles. The molecule has 0 bridgehead atoms. The highest BCUT2D eigenvalue weighted by atomic mass is 16.5. The van der Waals surface area contributed by atoms with Crippen molar-refractivity contribution in [2.75, 3.05) is 32.8 Å². The van der Waals surface area contributed by atoms with Crippen LogP contribution in [0.4, 0.5) is 0 Å². The number of ether oxygens (including phenoxy) is 1. The Morgan fingerprint density at radius 2 is 1.85 bits per heavy atom. The van der Waals surface area contributed by atoms with Gasteiger partial charge in [-0.2, -0.15) is 0 Å². The average Bonchev–Trinajstić information content (AvgIpc) is 2.25. The molecule has 0 saturated heterocycles. The van der Waals surface area contributed by atoms with Crippen molar-refractivity contribution in [1.82, 2.24) is 10.2 Å². The van der Waals surface area contributed by atoms with Crippen LogP contribution < -0.4 is 5.32 Å². The van der Waals surface area contributed by atoms with Crippen LogP contribution in [0.1, 0.15) is 34.1 Å². The van der Waals surface area contributed by atoms with E-state index in [1.807, 2.05) is 27.7 Å². The summed E-state index contributed by atoms with van der Waals surface area (Å²) >= 11 is 0. The summed E-state index contributed by atoms with van der Waals surface area (Å²) in [5.41, 5.74) is 0. The lowest BCUT2D eigenvalue weighted by Crippen LogP contribution is -2.41. The maximum atomic E-state index is 11.7. The second kappa shape index (κ2) is 10.6. The van der Waals surface area contributed by atoms with Crippen LogP contribution in [-0.2, 0) is 14.3 Å². The lowest BCUT2D eigenvalue weighted by molar-refractivity contribution is -0.138. The number of rotatable bonds is 11. The molecule has 1 amide bonds. The topological polar surface area (TPSA) is 78.9 Å². The van der Waals surface area contributed by atoms with Gasteiger partial charge in [-0.1, -0.05) is 13.8 Å². The van der Waals surface area contributed by atoms with E-state index in [1.165, 1.54) is 0 Å². The molecule has 6 heteroatoms. The van der Waals surface area contributed by atoms with Gasteiger partial charge >= 0.3 is 5.97 Å². The van der Waals surface area contributed by atoms with Crippen molar-refractivity contribution in [1.29, 1.82) is 0 Å². The zero-order valence-electron chi connectivity index (χ0n) is 13.0. The van der Waals surface area contributed by atoms with E-state index in [-0.39, 0.29) is 25.1 Å². The summed E-state index contributed by atoms with van der Waals surface area (Å²) in [5, 5.41) is 11.6. The van der Waals surface area contributed by atoms with Crippen LogP contribution in [0.25, 0.3) is 0 Å². The Bertz CT molecular complexity index is 293. The third kappa shape index (κ3) is 11.9. The molecule has 6 nitrogen and oxygen atoms in total. The average molecular weight is 288 g/mol. The fourth-order valence-corrected chi connectivity index (χ4v) is 1.77. The molecule has 0 aromatic carbocycles. The van der Waals surface area contributed by atoms with Crippen LogP contribution in [-0.4, -0.2) is 60.8 Å². The van der Waals surface area contributed by atoms with Crippen molar-refractivity contribution in [3.63, 3.8) is 0 Å². The first-order valence-electron chi connectivity index (χ1n) is 7.13. The SMILES string of the molecule is CC(C)CN(CC(=O)O)CC(=O)NCCCOC(C)C. The third-order valence-electron chi connectivity index (χ3n) is 2.44. The number of nitrogens with one attached hydrogen (secondary N) is 1. The minimum Gasteiger partial charge on any atom is -0.480 e. The Labute approximate surface area is 121 Å². The zero-order valence-corrected chi connectivity index (χ0v) is 13.0. The van der Waals surface area contributed by atoms with E-state index >= 15 is 0 Å². The summed E-state index contributed by atoms with van der Waals surface area (Å²) in [5.74, 6) is -0.734. The van der Waals surface area contributed by atoms with Crippen LogP contribution >= 0.6 is 0 Å². The van der Waals surface area contributed by atoms with E-state index in [0.29, 0.717) is 25.6 Å². The van der Waals surface area contributed by atoms with E-state index in [0.717, 1.165) is 6.42 Å². The van der Waals surface area contributed by atoms with Gasteiger partial charge in [0.15, 0.2) is 0 Å². The monoisotopic (exact) mass is 288 g/mol. The van der Waals surface area contributed by atoms with Crippen molar-refractivity contribution < 1.29 is 19.4 Å². The summed E-state index contributed by atoms with van der Waals surface area (Å²) in [6, 6.07) is 0. The highest BCUT2D eigenvalue weighted by molar-refractivity contribution is 5.79. The first-order chi connectivity index (χ1) is 9.31. The summed E-state index contributed by atoms with van der Waals surface area (Å²) in [6.07, 6.45) is 0.954. The summed E-state index contributed by atoms with van der Waals surface area (Å²) in [4.78, 5) is 24.1. The summed E-state index contributed by atoms with van der Waals surface area (Å²) < 4.78 is 5.37. The Morgan fingerprint density at radius 3 is 2.35 bits per heavy atom. The summed E-state index contributed by atoms with van der Waals surface area (Å²) in [6.45, 7) is 9.69. The van der Waals surface area contributed by atoms with Crippen LogP contribution in [0.3, 0.4) is 0 Å². The van der Waals surface area contributed by atoms with Crippen LogP contribution in [0.5, 0.6) is 0 Å². The maximum Gasteiger partial charge on any atom is 0.317 e. The highest BCUT2D eigenvalue weighted by Gasteiger charge is 2.14. The molecule has 0 aromatic rings. The van der Waals surface area contributed by atoms with Crippen LogP contribution in [0.2, 0.25) is 0 Å². The fraction of sp³-hybridized carbons (Fsp3) is 0.857. The molecule has 0 saturated carbocycles. The van der Waals surface area contributed by atoms with E-state index in [9.17, 15) is 9.59 Å². The molecule has 0 unspecified atom stereocenters.